The molecule has 0 fully saturated rings. The Balaban J connectivity index is 0.00000361. The molecular formula is C13H19ClF2N2O2. The molecule has 1 rings (SSSR count). The van der Waals surface area contributed by atoms with Gasteiger partial charge in [0.1, 0.15) is 12.4 Å². The molecule has 0 bridgehead atoms. The topological polar surface area (TPSA) is 64.4 Å². The third-order valence-electron chi connectivity index (χ3n) is 2.71. The number of carbonyl (C=O) groups excluding carboxylic acids is 1. The molecule has 0 saturated heterocycles. The minimum atomic E-state index is -2.56. The first-order chi connectivity index (χ1) is 8.91. The standard InChI is InChI=1S/C13H18F2N2O2.ClH/c1-8(9(2)16)13(18)17-10-5-3-4-6-11(10)19-7-12(14)15;/h3-6,8-9,12H,7,16H2,1-2H3,(H,17,18);1H. The van der Waals surface area contributed by atoms with Crippen LogP contribution in [0.5, 0.6) is 5.75 Å². The van der Waals surface area contributed by atoms with E-state index < -0.39 is 13.0 Å². The fourth-order valence-electron chi connectivity index (χ4n) is 1.33. The summed E-state index contributed by atoms with van der Waals surface area (Å²) in [6.45, 7) is 2.71. The van der Waals surface area contributed by atoms with Gasteiger partial charge in [0.15, 0.2) is 0 Å². The number of para-hydroxylation sites is 2. The Kier molecular flexibility index (Phi) is 8.10. The van der Waals surface area contributed by atoms with Crippen molar-refractivity contribution in [1.82, 2.24) is 0 Å². The number of amides is 1. The van der Waals surface area contributed by atoms with Gasteiger partial charge in [-0.1, -0.05) is 19.1 Å². The monoisotopic (exact) mass is 308 g/mol. The Labute approximate surface area is 123 Å². The number of benzene rings is 1. The quantitative estimate of drug-likeness (QED) is 0.849. The highest BCUT2D eigenvalue weighted by Crippen LogP contribution is 2.24. The zero-order valence-corrected chi connectivity index (χ0v) is 12.1. The van der Waals surface area contributed by atoms with E-state index in [-0.39, 0.29) is 36.0 Å². The average molecular weight is 309 g/mol. The van der Waals surface area contributed by atoms with Crippen molar-refractivity contribution < 1.29 is 18.3 Å². The van der Waals surface area contributed by atoms with E-state index in [0.717, 1.165) is 0 Å². The van der Waals surface area contributed by atoms with E-state index in [2.05, 4.69) is 5.32 Å². The van der Waals surface area contributed by atoms with Crippen LogP contribution in [0.4, 0.5) is 14.5 Å². The molecule has 0 aliphatic rings. The van der Waals surface area contributed by atoms with Crippen LogP contribution < -0.4 is 15.8 Å². The lowest BCUT2D eigenvalue weighted by Gasteiger charge is -2.17. The van der Waals surface area contributed by atoms with Gasteiger partial charge in [-0.2, -0.15) is 0 Å². The van der Waals surface area contributed by atoms with Crippen LogP contribution in [0, 0.1) is 5.92 Å². The van der Waals surface area contributed by atoms with Crippen molar-refractivity contribution in [2.75, 3.05) is 11.9 Å². The highest BCUT2D eigenvalue weighted by molar-refractivity contribution is 5.94. The SMILES string of the molecule is CC(N)C(C)C(=O)Nc1ccccc1OCC(F)F.Cl. The molecule has 7 heteroatoms. The van der Waals surface area contributed by atoms with Gasteiger partial charge >= 0.3 is 0 Å². The van der Waals surface area contributed by atoms with Crippen molar-refractivity contribution in [2.24, 2.45) is 11.7 Å². The molecule has 1 aromatic carbocycles. The van der Waals surface area contributed by atoms with E-state index in [1.54, 1.807) is 32.0 Å². The summed E-state index contributed by atoms with van der Waals surface area (Å²) in [7, 11) is 0. The normalized spacial score (nSPS) is 13.3. The molecule has 0 aromatic heterocycles. The molecule has 0 aliphatic carbocycles. The number of alkyl halides is 2. The van der Waals surface area contributed by atoms with E-state index in [1.807, 2.05) is 0 Å². The third kappa shape index (κ3) is 5.71. The van der Waals surface area contributed by atoms with Gasteiger partial charge in [0.2, 0.25) is 5.91 Å². The van der Waals surface area contributed by atoms with Crippen LogP contribution in [0.25, 0.3) is 0 Å². The molecule has 114 valence electrons. The van der Waals surface area contributed by atoms with Crippen molar-refractivity contribution in [3.63, 3.8) is 0 Å². The fraction of sp³-hybridized carbons (Fsp3) is 0.462. The van der Waals surface area contributed by atoms with Crippen LogP contribution in [0.3, 0.4) is 0 Å². The molecule has 0 saturated carbocycles. The predicted octanol–water partition coefficient (Wildman–Crippen LogP) is 2.67. The van der Waals surface area contributed by atoms with E-state index in [1.165, 1.54) is 6.07 Å². The summed E-state index contributed by atoms with van der Waals surface area (Å²) >= 11 is 0. The average Bonchev–Trinajstić information content (AvgIpc) is 2.36. The number of anilines is 1. The second kappa shape index (κ2) is 8.71. The summed E-state index contributed by atoms with van der Waals surface area (Å²) in [5.74, 6) is -0.445. The van der Waals surface area contributed by atoms with Crippen LogP contribution in [-0.4, -0.2) is 25.0 Å². The number of ether oxygens (including phenoxy) is 1. The number of nitrogens with two attached hydrogens (primary N) is 1. The maximum atomic E-state index is 12.1. The number of nitrogens with one attached hydrogen (secondary N) is 1. The molecule has 0 spiro atoms. The Hall–Kier alpha value is -1.40. The van der Waals surface area contributed by atoms with Gasteiger partial charge < -0.3 is 15.8 Å². The van der Waals surface area contributed by atoms with E-state index in [9.17, 15) is 13.6 Å². The molecule has 3 N–H and O–H groups in total. The molecule has 0 radical (unpaired) electrons. The summed E-state index contributed by atoms with van der Waals surface area (Å²) in [6, 6.07) is 6.14. The molecule has 20 heavy (non-hydrogen) atoms. The van der Waals surface area contributed by atoms with E-state index in [4.69, 9.17) is 10.5 Å². The molecule has 1 aromatic rings. The van der Waals surface area contributed by atoms with Gasteiger partial charge in [-0.3, -0.25) is 4.79 Å². The minimum absolute atomic E-state index is 0. The minimum Gasteiger partial charge on any atom is -0.485 e. The van der Waals surface area contributed by atoms with Gasteiger partial charge in [0.05, 0.1) is 11.6 Å². The van der Waals surface area contributed by atoms with E-state index >= 15 is 0 Å². The first kappa shape index (κ1) is 18.6. The summed E-state index contributed by atoms with van der Waals surface area (Å²) in [4.78, 5) is 11.8. The summed E-state index contributed by atoms with van der Waals surface area (Å²) in [6.07, 6.45) is -2.56. The van der Waals surface area contributed by atoms with Gasteiger partial charge in [-0.05, 0) is 19.1 Å². The molecular weight excluding hydrogens is 290 g/mol. The summed E-state index contributed by atoms with van der Waals surface area (Å²) in [5.41, 5.74) is 6.00. The van der Waals surface area contributed by atoms with Crippen LogP contribution in [-0.2, 0) is 4.79 Å². The molecule has 1 amide bonds. The van der Waals surface area contributed by atoms with E-state index in [0.29, 0.717) is 5.69 Å². The van der Waals surface area contributed by atoms with Crippen molar-refractivity contribution in [1.29, 1.82) is 0 Å². The number of hydrogen-bond donors (Lipinski definition) is 2. The Morgan fingerprint density at radius 1 is 1.35 bits per heavy atom. The number of carbonyl (C=O) groups is 1. The smallest absolute Gasteiger partial charge is 0.272 e. The molecule has 0 aliphatic heterocycles. The maximum absolute atomic E-state index is 12.1. The first-order valence-electron chi connectivity index (χ1n) is 5.98. The zero-order chi connectivity index (χ0) is 14.4. The Morgan fingerprint density at radius 2 is 1.95 bits per heavy atom. The number of halogens is 3. The van der Waals surface area contributed by atoms with Gasteiger partial charge in [0, 0.05) is 6.04 Å². The van der Waals surface area contributed by atoms with Crippen LogP contribution in [0.2, 0.25) is 0 Å². The Morgan fingerprint density at radius 3 is 2.50 bits per heavy atom. The van der Waals surface area contributed by atoms with Gasteiger partial charge in [-0.25, -0.2) is 8.78 Å². The van der Waals surface area contributed by atoms with Gasteiger partial charge in [-0.15, -0.1) is 12.4 Å². The van der Waals surface area contributed by atoms with Crippen molar-refractivity contribution in [3.05, 3.63) is 24.3 Å². The second-order valence-corrected chi connectivity index (χ2v) is 4.34. The van der Waals surface area contributed by atoms with Crippen LogP contribution in [0.15, 0.2) is 24.3 Å². The van der Waals surface area contributed by atoms with Crippen molar-refractivity contribution >= 4 is 24.0 Å². The lowest BCUT2D eigenvalue weighted by molar-refractivity contribution is -0.119. The highest BCUT2D eigenvalue weighted by atomic mass is 35.5. The summed E-state index contributed by atoms with van der Waals surface area (Å²) < 4.78 is 29.2. The van der Waals surface area contributed by atoms with Crippen molar-refractivity contribution in [3.8, 4) is 5.75 Å². The van der Waals surface area contributed by atoms with Crippen molar-refractivity contribution in [2.45, 2.75) is 26.3 Å². The highest BCUT2D eigenvalue weighted by Gasteiger charge is 2.18. The molecule has 4 nitrogen and oxygen atoms in total. The predicted molar refractivity (Wildman–Crippen MR) is 76.6 cm³/mol. The lowest BCUT2D eigenvalue weighted by atomic mass is 10.0. The first-order valence-corrected chi connectivity index (χ1v) is 5.98. The Bertz CT molecular complexity index is 431. The molecule has 2 unspecified atom stereocenters. The number of rotatable bonds is 6. The third-order valence-corrected chi connectivity index (χ3v) is 2.71. The van der Waals surface area contributed by atoms with Gasteiger partial charge in [0.25, 0.3) is 6.43 Å². The fourth-order valence-corrected chi connectivity index (χ4v) is 1.33. The van der Waals surface area contributed by atoms with Crippen LogP contribution >= 0.6 is 12.4 Å². The maximum Gasteiger partial charge on any atom is 0.272 e. The molecule has 2 atom stereocenters. The molecule has 0 heterocycles. The largest absolute Gasteiger partial charge is 0.485 e. The zero-order valence-electron chi connectivity index (χ0n) is 11.3. The number of hydrogen-bond acceptors (Lipinski definition) is 3. The van der Waals surface area contributed by atoms with Crippen LogP contribution in [0.1, 0.15) is 13.8 Å². The summed E-state index contributed by atoms with van der Waals surface area (Å²) in [5, 5.41) is 2.63. The lowest BCUT2D eigenvalue weighted by Crippen LogP contribution is -2.34. The second-order valence-electron chi connectivity index (χ2n) is 4.34.